The van der Waals surface area contributed by atoms with Crippen molar-refractivity contribution in [1.29, 1.82) is 0 Å². The van der Waals surface area contributed by atoms with E-state index < -0.39 is 0 Å². The Labute approximate surface area is 131 Å². The minimum absolute atomic E-state index is 0.0597. The van der Waals surface area contributed by atoms with E-state index in [1.807, 2.05) is 20.8 Å². The summed E-state index contributed by atoms with van der Waals surface area (Å²) in [5.41, 5.74) is 0.382. The first-order chi connectivity index (χ1) is 9.80. The minimum Gasteiger partial charge on any atom is -0.495 e. The molecule has 0 aliphatic carbocycles. The molecule has 1 aliphatic rings. The first kappa shape index (κ1) is 16.3. The van der Waals surface area contributed by atoms with Gasteiger partial charge in [0, 0.05) is 18.7 Å². The zero-order chi connectivity index (χ0) is 15.6. The molecule has 116 valence electrons. The van der Waals surface area contributed by atoms with Crippen LogP contribution in [0.2, 0.25) is 5.02 Å². The molecule has 5 heteroatoms. The predicted octanol–water partition coefficient (Wildman–Crippen LogP) is 3.03. The van der Waals surface area contributed by atoms with Crippen molar-refractivity contribution in [2.75, 3.05) is 26.7 Å². The number of halogens is 1. The second kappa shape index (κ2) is 6.34. The van der Waals surface area contributed by atoms with Crippen LogP contribution in [0.3, 0.4) is 0 Å². The fourth-order valence-electron chi connectivity index (χ4n) is 2.84. The molecule has 21 heavy (non-hydrogen) atoms. The lowest BCUT2D eigenvalue weighted by atomic mass is 10.0. The van der Waals surface area contributed by atoms with E-state index in [0.717, 1.165) is 13.1 Å². The van der Waals surface area contributed by atoms with E-state index in [1.54, 1.807) is 25.3 Å². The van der Waals surface area contributed by atoms with Gasteiger partial charge in [0.25, 0.3) is 0 Å². The summed E-state index contributed by atoms with van der Waals surface area (Å²) in [4.78, 5) is 14.5. The molecule has 0 amide bonds. The molecule has 1 fully saturated rings. The third kappa shape index (κ3) is 4.19. The number of rotatable bonds is 4. The molecule has 1 aliphatic heterocycles. The topological polar surface area (TPSA) is 38.8 Å². The number of methoxy groups -OCH3 is 1. The van der Waals surface area contributed by atoms with Crippen LogP contribution in [0, 0.1) is 0 Å². The summed E-state index contributed by atoms with van der Waals surface area (Å²) in [6, 6.07) is 5.14. The molecule has 1 saturated heterocycles. The van der Waals surface area contributed by atoms with Gasteiger partial charge in [-0.2, -0.15) is 0 Å². The Kier molecular flexibility index (Phi) is 4.91. The molecule has 0 radical (unpaired) electrons. The fraction of sp³-hybridized carbons (Fsp3) is 0.562. The summed E-state index contributed by atoms with van der Waals surface area (Å²) >= 11 is 6.07. The Hall–Kier alpha value is -1.10. The van der Waals surface area contributed by atoms with Crippen LogP contribution in [0.25, 0.3) is 0 Å². The van der Waals surface area contributed by atoms with Gasteiger partial charge in [0.1, 0.15) is 5.75 Å². The van der Waals surface area contributed by atoms with Crippen molar-refractivity contribution < 1.29 is 14.3 Å². The predicted molar refractivity (Wildman–Crippen MR) is 83.4 cm³/mol. The summed E-state index contributed by atoms with van der Waals surface area (Å²) in [7, 11) is 1.56. The number of nitrogens with zero attached hydrogens (tertiary/aromatic N) is 1. The van der Waals surface area contributed by atoms with E-state index in [4.69, 9.17) is 21.1 Å². The normalized spacial score (nSPS) is 22.0. The average molecular weight is 312 g/mol. The van der Waals surface area contributed by atoms with Crippen molar-refractivity contribution in [3.63, 3.8) is 0 Å². The van der Waals surface area contributed by atoms with E-state index >= 15 is 0 Å². The quantitative estimate of drug-likeness (QED) is 0.801. The Morgan fingerprint density at radius 2 is 2.24 bits per heavy atom. The molecule has 0 saturated carbocycles. The van der Waals surface area contributed by atoms with Crippen LogP contribution in [-0.2, 0) is 4.74 Å². The maximum Gasteiger partial charge on any atom is 0.176 e. The molecule has 0 N–H and O–H groups in total. The maximum absolute atomic E-state index is 12.4. The van der Waals surface area contributed by atoms with Gasteiger partial charge in [-0.1, -0.05) is 11.6 Å². The van der Waals surface area contributed by atoms with Crippen molar-refractivity contribution in [1.82, 2.24) is 4.90 Å². The lowest BCUT2D eigenvalue weighted by molar-refractivity contribution is -0.126. The summed E-state index contributed by atoms with van der Waals surface area (Å²) < 4.78 is 11.0. The number of Topliss-reactive ketones (excluding diaryl/α,β-unsaturated/α-hetero) is 1. The van der Waals surface area contributed by atoms with Crippen LogP contribution >= 0.6 is 11.6 Å². The number of carbonyl (C=O) groups is 1. The van der Waals surface area contributed by atoms with Crippen molar-refractivity contribution >= 4 is 17.4 Å². The van der Waals surface area contributed by atoms with Crippen LogP contribution in [0.5, 0.6) is 5.75 Å². The molecule has 0 bridgehead atoms. The highest BCUT2D eigenvalue weighted by molar-refractivity contribution is 6.32. The van der Waals surface area contributed by atoms with Gasteiger partial charge in [-0.3, -0.25) is 9.69 Å². The minimum atomic E-state index is -0.227. The molecule has 0 spiro atoms. The standard InChI is InChI=1S/C16H22ClNO3/c1-11-8-18(10-16(2,3)21-11)9-14(19)12-5-6-15(20-4)13(17)7-12/h5-7,11H,8-10H2,1-4H3. The van der Waals surface area contributed by atoms with E-state index in [0.29, 0.717) is 22.9 Å². The van der Waals surface area contributed by atoms with E-state index in [1.165, 1.54) is 0 Å². The zero-order valence-electron chi connectivity index (χ0n) is 13.0. The van der Waals surface area contributed by atoms with Crippen molar-refractivity contribution in [2.45, 2.75) is 32.5 Å². The van der Waals surface area contributed by atoms with Gasteiger partial charge in [0.2, 0.25) is 0 Å². The Morgan fingerprint density at radius 1 is 1.52 bits per heavy atom. The monoisotopic (exact) mass is 311 g/mol. The van der Waals surface area contributed by atoms with Crippen LogP contribution in [0.15, 0.2) is 18.2 Å². The first-order valence-electron chi connectivity index (χ1n) is 7.07. The van der Waals surface area contributed by atoms with Crippen LogP contribution in [-0.4, -0.2) is 49.1 Å². The molecule has 1 aromatic carbocycles. The van der Waals surface area contributed by atoms with Crippen molar-refractivity contribution in [2.24, 2.45) is 0 Å². The molecule has 1 unspecified atom stereocenters. The van der Waals surface area contributed by atoms with E-state index in [2.05, 4.69) is 4.90 Å². The highest BCUT2D eigenvalue weighted by Crippen LogP contribution is 2.26. The zero-order valence-corrected chi connectivity index (χ0v) is 13.7. The van der Waals surface area contributed by atoms with Gasteiger partial charge in [0.05, 0.1) is 30.4 Å². The second-order valence-electron chi connectivity index (χ2n) is 6.13. The summed E-state index contributed by atoms with van der Waals surface area (Å²) in [5.74, 6) is 0.638. The third-order valence-electron chi connectivity index (χ3n) is 3.48. The van der Waals surface area contributed by atoms with Gasteiger partial charge in [0.15, 0.2) is 5.78 Å². The van der Waals surface area contributed by atoms with Crippen molar-refractivity contribution in [3.8, 4) is 5.75 Å². The highest BCUT2D eigenvalue weighted by atomic mass is 35.5. The van der Waals surface area contributed by atoms with Crippen LogP contribution in [0.4, 0.5) is 0 Å². The number of hydrogen-bond acceptors (Lipinski definition) is 4. The number of hydrogen-bond donors (Lipinski definition) is 0. The lowest BCUT2D eigenvalue weighted by Gasteiger charge is -2.41. The molecule has 2 rings (SSSR count). The van der Waals surface area contributed by atoms with Crippen molar-refractivity contribution in [3.05, 3.63) is 28.8 Å². The Bertz CT molecular complexity index is 530. The number of ketones is 1. The second-order valence-corrected chi connectivity index (χ2v) is 6.54. The van der Waals surface area contributed by atoms with Gasteiger partial charge in [-0.25, -0.2) is 0 Å². The Balaban J connectivity index is 2.06. The van der Waals surface area contributed by atoms with Crippen LogP contribution in [0.1, 0.15) is 31.1 Å². The molecule has 1 aromatic rings. The molecule has 1 atom stereocenters. The number of morpholine rings is 1. The largest absolute Gasteiger partial charge is 0.495 e. The van der Waals surface area contributed by atoms with E-state index in [9.17, 15) is 4.79 Å². The summed E-state index contributed by atoms with van der Waals surface area (Å²) in [6.07, 6.45) is 0.126. The number of carbonyl (C=O) groups excluding carboxylic acids is 1. The highest BCUT2D eigenvalue weighted by Gasteiger charge is 2.32. The Morgan fingerprint density at radius 3 is 2.81 bits per heavy atom. The van der Waals surface area contributed by atoms with E-state index in [-0.39, 0.29) is 17.5 Å². The summed E-state index contributed by atoms with van der Waals surface area (Å²) in [6.45, 7) is 8.00. The lowest BCUT2D eigenvalue weighted by Crippen LogP contribution is -2.53. The molecular weight excluding hydrogens is 290 g/mol. The SMILES string of the molecule is COc1ccc(C(=O)CN2CC(C)OC(C)(C)C2)cc1Cl. The molecule has 0 aromatic heterocycles. The average Bonchev–Trinajstić information content (AvgIpc) is 2.35. The fourth-order valence-corrected chi connectivity index (χ4v) is 3.10. The third-order valence-corrected chi connectivity index (χ3v) is 3.78. The van der Waals surface area contributed by atoms with Gasteiger partial charge in [-0.15, -0.1) is 0 Å². The first-order valence-corrected chi connectivity index (χ1v) is 7.45. The molecule has 4 nitrogen and oxygen atoms in total. The van der Waals surface area contributed by atoms with Gasteiger partial charge in [-0.05, 0) is 39.0 Å². The molecule has 1 heterocycles. The number of benzene rings is 1. The van der Waals surface area contributed by atoms with Gasteiger partial charge >= 0.3 is 0 Å². The van der Waals surface area contributed by atoms with Gasteiger partial charge < -0.3 is 9.47 Å². The maximum atomic E-state index is 12.4. The smallest absolute Gasteiger partial charge is 0.176 e. The van der Waals surface area contributed by atoms with Crippen LogP contribution < -0.4 is 4.74 Å². The summed E-state index contributed by atoms with van der Waals surface area (Å²) in [5, 5.41) is 0.457. The molecular formula is C16H22ClNO3. The number of ether oxygens (including phenoxy) is 2.